The SMILES string of the molecule is C=C1CC[C@@H](O)C/C1=C\C=C1/CCC[C@]2(C)[C@@H]1CC[C@H]2[C@@H](C)/C=C/[C@@H](C)C(C)C. The molecule has 0 aromatic heterocycles. The fraction of sp³-hybridized carbons (Fsp3) is 0.714. The van der Waals surface area contributed by atoms with Crippen molar-refractivity contribution in [2.75, 3.05) is 0 Å². The van der Waals surface area contributed by atoms with Gasteiger partial charge in [-0.3, -0.25) is 0 Å². The first-order chi connectivity index (χ1) is 13.7. The highest BCUT2D eigenvalue weighted by atomic mass is 16.3. The van der Waals surface area contributed by atoms with Crippen molar-refractivity contribution in [1.82, 2.24) is 0 Å². The number of fused-ring (bicyclic) bond motifs is 1. The summed E-state index contributed by atoms with van der Waals surface area (Å²) >= 11 is 0. The van der Waals surface area contributed by atoms with Gasteiger partial charge in [-0.15, -0.1) is 0 Å². The van der Waals surface area contributed by atoms with Gasteiger partial charge < -0.3 is 5.11 Å². The third kappa shape index (κ3) is 4.98. The highest BCUT2D eigenvalue weighted by Crippen LogP contribution is 2.59. The van der Waals surface area contributed by atoms with Gasteiger partial charge in [0.1, 0.15) is 0 Å². The average molecular weight is 397 g/mol. The zero-order chi connectivity index (χ0) is 21.2. The minimum absolute atomic E-state index is 0.182. The fourth-order valence-electron chi connectivity index (χ4n) is 6.25. The molecule has 3 aliphatic rings. The quantitative estimate of drug-likeness (QED) is 0.473. The van der Waals surface area contributed by atoms with Gasteiger partial charge in [0.25, 0.3) is 0 Å². The molecule has 0 radical (unpaired) electrons. The van der Waals surface area contributed by atoms with Gasteiger partial charge in [-0.25, -0.2) is 0 Å². The summed E-state index contributed by atoms with van der Waals surface area (Å²) in [5.74, 6) is 3.58. The van der Waals surface area contributed by atoms with Crippen molar-refractivity contribution in [3.8, 4) is 0 Å². The van der Waals surface area contributed by atoms with Crippen molar-refractivity contribution in [3.05, 3.63) is 47.6 Å². The molecule has 6 atom stereocenters. The van der Waals surface area contributed by atoms with Crippen molar-refractivity contribution in [1.29, 1.82) is 0 Å². The monoisotopic (exact) mass is 396 g/mol. The van der Waals surface area contributed by atoms with E-state index in [-0.39, 0.29) is 6.10 Å². The van der Waals surface area contributed by atoms with Crippen LogP contribution in [0, 0.1) is 35.0 Å². The van der Waals surface area contributed by atoms with Gasteiger partial charge in [0.05, 0.1) is 6.10 Å². The van der Waals surface area contributed by atoms with E-state index in [1.165, 1.54) is 43.3 Å². The third-order valence-corrected chi connectivity index (χ3v) is 8.63. The van der Waals surface area contributed by atoms with Gasteiger partial charge in [-0.2, -0.15) is 0 Å². The molecular formula is C28H44O. The van der Waals surface area contributed by atoms with E-state index in [9.17, 15) is 5.11 Å². The summed E-state index contributed by atoms with van der Waals surface area (Å²) in [6.07, 6.45) is 18.8. The van der Waals surface area contributed by atoms with Crippen molar-refractivity contribution in [3.63, 3.8) is 0 Å². The Kier molecular flexibility index (Phi) is 7.31. The van der Waals surface area contributed by atoms with Crippen LogP contribution >= 0.6 is 0 Å². The molecule has 3 aliphatic carbocycles. The Hall–Kier alpha value is -1.08. The molecule has 0 unspecified atom stereocenters. The van der Waals surface area contributed by atoms with Gasteiger partial charge >= 0.3 is 0 Å². The summed E-state index contributed by atoms with van der Waals surface area (Å²) in [6.45, 7) is 16.3. The van der Waals surface area contributed by atoms with E-state index < -0.39 is 0 Å². The molecule has 0 saturated heterocycles. The molecule has 0 amide bonds. The van der Waals surface area contributed by atoms with Crippen LogP contribution in [-0.4, -0.2) is 11.2 Å². The molecule has 0 aromatic carbocycles. The van der Waals surface area contributed by atoms with Gasteiger partial charge in [0, 0.05) is 0 Å². The molecule has 29 heavy (non-hydrogen) atoms. The van der Waals surface area contributed by atoms with E-state index in [2.05, 4.69) is 65.5 Å². The normalized spacial score (nSPS) is 38.2. The topological polar surface area (TPSA) is 20.2 Å². The molecule has 1 nitrogen and oxygen atoms in total. The Morgan fingerprint density at radius 1 is 1.03 bits per heavy atom. The van der Waals surface area contributed by atoms with Crippen LogP contribution in [-0.2, 0) is 0 Å². The number of aliphatic hydroxyl groups is 1. The van der Waals surface area contributed by atoms with Crippen LogP contribution in [0.15, 0.2) is 47.6 Å². The highest BCUT2D eigenvalue weighted by Gasteiger charge is 2.50. The standard InChI is InChI=1S/C28H44O/c1-19(2)20(3)9-10-22(5)26-15-16-27-23(8-7-17-28(26,27)6)12-13-24-18-25(29)14-11-21(24)4/h9-10,12-13,19-20,22,25-27,29H,4,7-8,11,14-18H2,1-3,5-6H3/b10-9+,23-12+,24-13+/t20-,22+,25-,26+,27-,28+/m1/s1. The number of allylic oxidation sites excluding steroid dienone is 6. The van der Waals surface area contributed by atoms with Crippen LogP contribution < -0.4 is 0 Å². The van der Waals surface area contributed by atoms with Crippen LogP contribution in [0.2, 0.25) is 0 Å². The fourth-order valence-corrected chi connectivity index (χ4v) is 6.25. The minimum atomic E-state index is -0.182. The largest absolute Gasteiger partial charge is 0.393 e. The summed E-state index contributed by atoms with van der Waals surface area (Å²) in [4.78, 5) is 0. The van der Waals surface area contributed by atoms with Crippen molar-refractivity contribution in [2.24, 2.45) is 35.0 Å². The highest BCUT2D eigenvalue weighted by molar-refractivity contribution is 5.36. The van der Waals surface area contributed by atoms with E-state index >= 15 is 0 Å². The predicted molar refractivity (Wildman–Crippen MR) is 126 cm³/mol. The second kappa shape index (κ2) is 9.38. The van der Waals surface area contributed by atoms with Gasteiger partial charge in [-0.05, 0) is 91.9 Å². The molecule has 0 bridgehead atoms. The predicted octanol–water partition coefficient (Wildman–Crippen LogP) is 7.64. The van der Waals surface area contributed by atoms with Gasteiger partial charge in [0.2, 0.25) is 0 Å². The summed E-state index contributed by atoms with van der Waals surface area (Å²) < 4.78 is 0. The van der Waals surface area contributed by atoms with Crippen LogP contribution in [0.4, 0.5) is 0 Å². The molecule has 1 heteroatoms. The summed E-state index contributed by atoms with van der Waals surface area (Å²) in [5, 5.41) is 10.0. The molecule has 3 saturated carbocycles. The first-order valence-corrected chi connectivity index (χ1v) is 12.2. The number of rotatable bonds is 5. The minimum Gasteiger partial charge on any atom is -0.393 e. The smallest absolute Gasteiger partial charge is 0.0583 e. The molecular weight excluding hydrogens is 352 g/mol. The molecule has 0 aromatic rings. The van der Waals surface area contributed by atoms with E-state index in [1.807, 2.05) is 0 Å². The lowest BCUT2D eigenvalue weighted by molar-refractivity contribution is 0.112. The maximum Gasteiger partial charge on any atom is 0.0583 e. The Morgan fingerprint density at radius 3 is 2.52 bits per heavy atom. The summed E-state index contributed by atoms with van der Waals surface area (Å²) in [6, 6.07) is 0. The van der Waals surface area contributed by atoms with E-state index in [0.29, 0.717) is 17.3 Å². The average Bonchev–Trinajstić information content (AvgIpc) is 3.04. The molecule has 0 spiro atoms. The molecule has 0 aliphatic heterocycles. The number of hydrogen-bond donors (Lipinski definition) is 1. The van der Waals surface area contributed by atoms with Crippen LogP contribution in [0.5, 0.6) is 0 Å². The van der Waals surface area contributed by atoms with Crippen LogP contribution in [0.3, 0.4) is 0 Å². The second-order valence-electron chi connectivity index (χ2n) is 10.9. The molecule has 162 valence electrons. The summed E-state index contributed by atoms with van der Waals surface area (Å²) in [7, 11) is 0. The lowest BCUT2D eigenvalue weighted by Gasteiger charge is -2.44. The Bertz CT molecular complexity index is 678. The Morgan fingerprint density at radius 2 is 1.79 bits per heavy atom. The zero-order valence-corrected chi connectivity index (χ0v) is 19.6. The molecule has 0 heterocycles. The first-order valence-electron chi connectivity index (χ1n) is 12.2. The molecule has 3 fully saturated rings. The van der Waals surface area contributed by atoms with Crippen molar-refractivity contribution in [2.45, 2.75) is 92.1 Å². The van der Waals surface area contributed by atoms with E-state index in [4.69, 9.17) is 0 Å². The second-order valence-corrected chi connectivity index (χ2v) is 10.9. The van der Waals surface area contributed by atoms with Crippen molar-refractivity contribution < 1.29 is 5.11 Å². The lowest BCUT2D eigenvalue weighted by atomic mass is 9.61. The van der Waals surface area contributed by atoms with E-state index in [0.717, 1.165) is 37.0 Å². The zero-order valence-electron chi connectivity index (χ0n) is 19.6. The van der Waals surface area contributed by atoms with Crippen LogP contribution in [0.1, 0.15) is 86.0 Å². The molecule has 1 N–H and O–H groups in total. The first kappa shape index (κ1) is 22.6. The van der Waals surface area contributed by atoms with Gasteiger partial charge in [-0.1, -0.05) is 76.6 Å². The third-order valence-electron chi connectivity index (χ3n) is 8.63. The maximum atomic E-state index is 10.0. The van der Waals surface area contributed by atoms with Gasteiger partial charge in [0.15, 0.2) is 0 Å². The maximum absolute atomic E-state index is 10.0. The number of hydrogen-bond acceptors (Lipinski definition) is 1. The molecule has 3 rings (SSSR count). The summed E-state index contributed by atoms with van der Waals surface area (Å²) in [5.41, 5.74) is 4.61. The Labute approximate surface area is 180 Å². The number of aliphatic hydroxyl groups excluding tert-OH is 1. The van der Waals surface area contributed by atoms with E-state index in [1.54, 1.807) is 5.57 Å². The Balaban J connectivity index is 1.75. The van der Waals surface area contributed by atoms with Crippen LogP contribution in [0.25, 0.3) is 0 Å². The van der Waals surface area contributed by atoms with Crippen molar-refractivity contribution >= 4 is 0 Å². The lowest BCUT2D eigenvalue weighted by Crippen LogP contribution is -2.35.